The van der Waals surface area contributed by atoms with Gasteiger partial charge < -0.3 is 10.0 Å². The molecule has 0 bridgehead atoms. The number of halogens is 3. The Balaban J connectivity index is 1.76. The summed E-state index contributed by atoms with van der Waals surface area (Å²) in [5.41, 5.74) is 1.81. The summed E-state index contributed by atoms with van der Waals surface area (Å²) in [6.45, 7) is 1.28. The molecule has 3 rings (SSSR count). The number of alkyl halides is 3. The normalized spacial score (nSPS) is 25.0. The van der Waals surface area contributed by atoms with Crippen molar-refractivity contribution in [2.24, 2.45) is 11.8 Å². The Morgan fingerprint density at radius 3 is 2.52 bits per heavy atom. The van der Waals surface area contributed by atoms with E-state index in [0.717, 1.165) is 11.3 Å². The van der Waals surface area contributed by atoms with Gasteiger partial charge in [0, 0.05) is 25.3 Å². The van der Waals surface area contributed by atoms with Gasteiger partial charge in [-0.15, -0.1) is 0 Å². The molecule has 5 nitrogen and oxygen atoms in total. The number of hydrogen-bond donors (Lipinski definition) is 1. The molecule has 0 aromatic heterocycles. The number of amides is 1. The van der Waals surface area contributed by atoms with Gasteiger partial charge in [0.2, 0.25) is 5.91 Å². The molecule has 1 aromatic rings. The predicted molar refractivity (Wildman–Crippen MR) is 84.2 cm³/mol. The summed E-state index contributed by atoms with van der Waals surface area (Å²) in [6.07, 6.45) is -3.89. The lowest BCUT2D eigenvalue weighted by Crippen LogP contribution is -2.46. The average molecular weight is 356 g/mol. The van der Waals surface area contributed by atoms with E-state index in [0.29, 0.717) is 13.0 Å². The molecule has 25 heavy (non-hydrogen) atoms. The zero-order chi connectivity index (χ0) is 18.4. The summed E-state index contributed by atoms with van der Waals surface area (Å²) in [4.78, 5) is 26.9. The van der Waals surface area contributed by atoms with Gasteiger partial charge in [-0.05, 0) is 25.0 Å². The van der Waals surface area contributed by atoms with Crippen LogP contribution in [0.3, 0.4) is 0 Å². The number of hydrogen-bond acceptors (Lipinski definition) is 3. The van der Waals surface area contributed by atoms with Gasteiger partial charge in [-0.25, -0.2) is 0 Å². The van der Waals surface area contributed by atoms with Gasteiger partial charge in [-0.1, -0.05) is 18.2 Å². The lowest BCUT2D eigenvalue weighted by Gasteiger charge is -2.28. The topological polar surface area (TPSA) is 60.9 Å². The molecular formula is C17H19F3N2O3. The highest BCUT2D eigenvalue weighted by Gasteiger charge is 2.54. The highest BCUT2D eigenvalue weighted by atomic mass is 19.4. The molecule has 136 valence electrons. The first-order chi connectivity index (χ1) is 11.7. The SMILES string of the molecule is CC(C(=O)N1CCc2ccccc21)N1C[C@@H](C(F)(F)F)[C@H](C(=O)O)C1. The highest BCUT2D eigenvalue weighted by molar-refractivity contribution is 5.98. The Bertz CT molecular complexity index is 692. The van der Waals surface area contributed by atoms with Crippen molar-refractivity contribution in [3.63, 3.8) is 0 Å². The molecule has 8 heteroatoms. The number of fused-ring (bicyclic) bond motifs is 1. The molecule has 2 aliphatic rings. The second-order valence-electron chi connectivity index (χ2n) is 6.59. The third kappa shape index (κ3) is 3.22. The fourth-order valence-corrected chi connectivity index (χ4v) is 3.68. The van der Waals surface area contributed by atoms with Crippen LogP contribution in [-0.4, -0.2) is 53.7 Å². The number of nitrogens with zero attached hydrogens (tertiary/aromatic N) is 2. The zero-order valence-corrected chi connectivity index (χ0v) is 13.7. The molecule has 0 radical (unpaired) electrons. The fraction of sp³-hybridized carbons (Fsp3) is 0.529. The number of benzene rings is 1. The number of rotatable bonds is 3. The van der Waals surface area contributed by atoms with Gasteiger partial charge in [0.05, 0.1) is 17.9 Å². The summed E-state index contributed by atoms with van der Waals surface area (Å²) in [5, 5.41) is 9.10. The van der Waals surface area contributed by atoms with E-state index in [-0.39, 0.29) is 12.5 Å². The predicted octanol–water partition coefficient (Wildman–Crippen LogP) is 2.16. The minimum absolute atomic E-state index is 0.276. The molecule has 2 heterocycles. The smallest absolute Gasteiger partial charge is 0.393 e. The maximum atomic E-state index is 13.1. The maximum absolute atomic E-state index is 13.1. The van der Waals surface area contributed by atoms with E-state index < -0.39 is 36.6 Å². The second kappa shape index (κ2) is 6.33. The maximum Gasteiger partial charge on any atom is 0.393 e. The number of carbonyl (C=O) groups is 2. The molecule has 0 saturated carbocycles. The van der Waals surface area contributed by atoms with E-state index >= 15 is 0 Å². The molecular weight excluding hydrogens is 337 g/mol. The third-order valence-electron chi connectivity index (χ3n) is 5.14. The number of para-hydroxylation sites is 1. The largest absolute Gasteiger partial charge is 0.481 e. The Hall–Kier alpha value is -2.09. The van der Waals surface area contributed by atoms with Crippen LogP contribution >= 0.6 is 0 Å². The number of carboxylic acids is 1. The molecule has 3 atom stereocenters. The Morgan fingerprint density at radius 1 is 1.24 bits per heavy atom. The van der Waals surface area contributed by atoms with Crippen LogP contribution in [-0.2, 0) is 16.0 Å². The average Bonchev–Trinajstić information content (AvgIpc) is 3.17. The number of aliphatic carboxylic acids is 1. The van der Waals surface area contributed by atoms with Crippen molar-refractivity contribution in [1.82, 2.24) is 4.90 Å². The lowest BCUT2D eigenvalue weighted by atomic mass is 9.96. The molecule has 1 saturated heterocycles. The van der Waals surface area contributed by atoms with Crippen LogP contribution < -0.4 is 4.90 Å². The zero-order valence-electron chi connectivity index (χ0n) is 13.7. The van der Waals surface area contributed by atoms with Crippen LogP contribution in [0.4, 0.5) is 18.9 Å². The summed E-state index contributed by atoms with van der Waals surface area (Å²) in [7, 11) is 0. The molecule has 1 aromatic carbocycles. The van der Waals surface area contributed by atoms with Gasteiger partial charge in [0.15, 0.2) is 0 Å². The van der Waals surface area contributed by atoms with Crippen molar-refractivity contribution in [3.8, 4) is 0 Å². The Morgan fingerprint density at radius 2 is 1.92 bits per heavy atom. The van der Waals surface area contributed by atoms with E-state index in [1.165, 1.54) is 4.90 Å². The van der Waals surface area contributed by atoms with Crippen molar-refractivity contribution >= 4 is 17.6 Å². The van der Waals surface area contributed by atoms with E-state index in [9.17, 15) is 22.8 Å². The first-order valence-electron chi connectivity index (χ1n) is 8.13. The number of anilines is 1. The van der Waals surface area contributed by atoms with Crippen molar-refractivity contribution in [2.45, 2.75) is 25.6 Å². The third-order valence-corrected chi connectivity index (χ3v) is 5.14. The molecule has 2 aliphatic heterocycles. The fourth-order valence-electron chi connectivity index (χ4n) is 3.68. The van der Waals surface area contributed by atoms with Gasteiger partial charge >= 0.3 is 12.1 Å². The summed E-state index contributed by atoms with van der Waals surface area (Å²) < 4.78 is 39.4. The number of likely N-dealkylation sites (tertiary alicyclic amines) is 1. The van der Waals surface area contributed by atoms with Crippen molar-refractivity contribution < 1.29 is 27.9 Å². The van der Waals surface area contributed by atoms with Gasteiger partial charge in [-0.3, -0.25) is 14.5 Å². The molecule has 1 N–H and O–H groups in total. The second-order valence-corrected chi connectivity index (χ2v) is 6.59. The van der Waals surface area contributed by atoms with Crippen LogP contribution in [0.15, 0.2) is 24.3 Å². The molecule has 0 spiro atoms. The molecule has 1 amide bonds. The van der Waals surface area contributed by atoms with Crippen LogP contribution in [0.1, 0.15) is 12.5 Å². The Kier molecular flexibility index (Phi) is 4.49. The van der Waals surface area contributed by atoms with Crippen LogP contribution in [0.25, 0.3) is 0 Å². The molecule has 0 aliphatic carbocycles. The molecule has 1 fully saturated rings. The van der Waals surface area contributed by atoms with E-state index in [4.69, 9.17) is 5.11 Å². The van der Waals surface area contributed by atoms with Crippen LogP contribution in [0.5, 0.6) is 0 Å². The van der Waals surface area contributed by atoms with Gasteiger partial charge in [0.1, 0.15) is 0 Å². The van der Waals surface area contributed by atoms with Crippen molar-refractivity contribution in [2.75, 3.05) is 24.5 Å². The van der Waals surface area contributed by atoms with Crippen LogP contribution in [0, 0.1) is 11.8 Å². The highest BCUT2D eigenvalue weighted by Crippen LogP contribution is 2.39. The Labute approximate surface area is 143 Å². The molecule has 1 unspecified atom stereocenters. The van der Waals surface area contributed by atoms with Crippen molar-refractivity contribution in [3.05, 3.63) is 29.8 Å². The summed E-state index contributed by atoms with van der Waals surface area (Å²) in [5.74, 6) is -5.26. The first kappa shape index (κ1) is 17.7. The number of carbonyl (C=O) groups excluding carboxylic acids is 1. The van der Waals surface area contributed by atoms with E-state index in [2.05, 4.69) is 0 Å². The quantitative estimate of drug-likeness (QED) is 0.902. The van der Waals surface area contributed by atoms with Gasteiger partial charge in [0.25, 0.3) is 0 Å². The van der Waals surface area contributed by atoms with Gasteiger partial charge in [-0.2, -0.15) is 13.2 Å². The number of carboxylic acid groups (broad SMARTS) is 1. The summed E-state index contributed by atoms with van der Waals surface area (Å²) in [6, 6.07) is 6.62. The standard InChI is InChI=1S/C17H19F3N2O3/c1-10(15(23)22-7-6-11-4-2-3-5-14(11)22)21-8-12(16(24)25)13(9-21)17(18,19)20/h2-5,10,12-13H,6-9H2,1H3,(H,24,25)/t10?,12-,13-/m1/s1. The van der Waals surface area contributed by atoms with Crippen molar-refractivity contribution in [1.29, 1.82) is 0 Å². The monoisotopic (exact) mass is 356 g/mol. The first-order valence-corrected chi connectivity index (χ1v) is 8.13. The lowest BCUT2D eigenvalue weighted by molar-refractivity contribution is -0.188. The summed E-state index contributed by atoms with van der Waals surface area (Å²) >= 11 is 0. The van der Waals surface area contributed by atoms with E-state index in [1.807, 2.05) is 24.3 Å². The van der Waals surface area contributed by atoms with E-state index in [1.54, 1.807) is 11.8 Å². The van der Waals surface area contributed by atoms with Crippen LogP contribution in [0.2, 0.25) is 0 Å². The minimum Gasteiger partial charge on any atom is -0.481 e. The minimum atomic E-state index is -4.60.